The van der Waals surface area contributed by atoms with Crippen molar-refractivity contribution >= 4 is 10.9 Å². The summed E-state index contributed by atoms with van der Waals surface area (Å²) in [6.45, 7) is 1.93. The second-order valence-electron chi connectivity index (χ2n) is 2.55. The van der Waals surface area contributed by atoms with Crippen LogP contribution >= 0.6 is 0 Å². The van der Waals surface area contributed by atoms with E-state index in [1.165, 1.54) is 0 Å². The van der Waals surface area contributed by atoms with Gasteiger partial charge in [0, 0.05) is 11.1 Å². The number of hydrogen-bond donors (Lipinski definition) is 2. The Balaban J connectivity index is 2.87. The summed E-state index contributed by atoms with van der Waals surface area (Å²) in [6.07, 6.45) is 0. The predicted molar refractivity (Wildman–Crippen MR) is 42.5 cm³/mol. The molecule has 3 nitrogen and oxygen atoms in total. The number of fused-ring (bicyclic) bond motifs is 1. The van der Waals surface area contributed by atoms with Gasteiger partial charge in [-0.15, -0.1) is 0 Å². The third-order valence-electron chi connectivity index (χ3n) is 1.73. The van der Waals surface area contributed by atoms with E-state index in [0.717, 1.165) is 16.6 Å². The number of hydrogen-bond acceptors (Lipinski definition) is 2. The molecule has 0 spiro atoms. The molecule has 3 heteroatoms. The van der Waals surface area contributed by atoms with E-state index in [0.29, 0.717) is 0 Å². The smallest absolute Gasteiger partial charge is 0.116 e. The fraction of sp³-hybridized carbons (Fsp3) is 0.125. The lowest BCUT2D eigenvalue weighted by molar-refractivity contribution is 0.476. The summed E-state index contributed by atoms with van der Waals surface area (Å²) in [5.41, 5.74) is 1.87. The molecule has 0 saturated heterocycles. The monoisotopic (exact) mass is 148 g/mol. The van der Waals surface area contributed by atoms with Crippen molar-refractivity contribution in [2.24, 2.45) is 0 Å². The summed E-state index contributed by atoms with van der Waals surface area (Å²) in [7, 11) is 0. The molecular formula is C8H8N2O. The van der Waals surface area contributed by atoms with Crippen LogP contribution in [-0.2, 0) is 0 Å². The number of aryl methyl sites for hydroxylation is 1. The van der Waals surface area contributed by atoms with Crippen LogP contribution in [0.2, 0.25) is 0 Å². The van der Waals surface area contributed by atoms with Crippen LogP contribution in [0, 0.1) is 6.92 Å². The lowest BCUT2D eigenvalue weighted by Crippen LogP contribution is -1.69. The van der Waals surface area contributed by atoms with E-state index >= 15 is 0 Å². The van der Waals surface area contributed by atoms with Crippen LogP contribution in [-0.4, -0.2) is 15.3 Å². The van der Waals surface area contributed by atoms with Crippen molar-refractivity contribution < 1.29 is 5.11 Å². The van der Waals surface area contributed by atoms with Gasteiger partial charge in [-0.3, -0.25) is 5.10 Å². The van der Waals surface area contributed by atoms with Gasteiger partial charge < -0.3 is 5.11 Å². The Hall–Kier alpha value is -1.51. The maximum Gasteiger partial charge on any atom is 0.116 e. The molecule has 2 rings (SSSR count). The lowest BCUT2D eigenvalue weighted by Gasteiger charge is -1.90. The van der Waals surface area contributed by atoms with E-state index in [1.807, 2.05) is 6.92 Å². The van der Waals surface area contributed by atoms with Gasteiger partial charge in [0.25, 0.3) is 0 Å². The number of rotatable bonds is 0. The molecule has 0 radical (unpaired) electrons. The van der Waals surface area contributed by atoms with Crippen LogP contribution in [0.4, 0.5) is 0 Å². The fourth-order valence-corrected chi connectivity index (χ4v) is 1.13. The summed E-state index contributed by atoms with van der Waals surface area (Å²) in [5.74, 6) is 0.280. The van der Waals surface area contributed by atoms with Crippen LogP contribution < -0.4 is 0 Å². The third kappa shape index (κ3) is 0.852. The second-order valence-corrected chi connectivity index (χ2v) is 2.55. The molecule has 1 aromatic carbocycles. The van der Waals surface area contributed by atoms with E-state index in [4.69, 9.17) is 5.11 Å². The zero-order valence-corrected chi connectivity index (χ0v) is 6.13. The van der Waals surface area contributed by atoms with Crippen molar-refractivity contribution in [3.05, 3.63) is 23.9 Å². The van der Waals surface area contributed by atoms with E-state index in [9.17, 15) is 0 Å². The van der Waals surface area contributed by atoms with Gasteiger partial charge in [0.05, 0.1) is 5.52 Å². The summed E-state index contributed by atoms with van der Waals surface area (Å²) in [4.78, 5) is 0. The number of phenolic OH excluding ortho intramolecular Hbond substituents is 1. The Labute approximate surface area is 63.7 Å². The van der Waals surface area contributed by atoms with Gasteiger partial charge in [0.2, 0.25) is 0 Å². The molecule has 2 aromatic rings. The zero-order chi connectivity index (χ0) is 7.84. The fourth-order valence-electron chi connectivity index (χ4n) is 1.13. The molecule has 0 fully saturated rings. The number of H-pyrrole nitrogens is 1. The maximum atomic E-state index is 9.13. The quantitative estimate of drug-likeness (QED) is 0.595. The average molecular weight is 148 g/mol. The second kappa shape index (κ2) is 1.99. The van der Waals surface area contributed by atoms with Crippen LogP contribution in [0.3, 0.4) is 0 Å². The highest BCUT2D eigenvalue weighted by Gasteiger charge is 2.00. The molecule has 2 N–H and O–H groups in total. The molecule has 1 heterocycles. The number of aromatic amines is 1. The van der Waals surface area contributed by atoms with Crippen LogP contribution in [0.1, 0.15) is 5.69 Å². The van der Waals surface area contributed by atoms with Gasteiger partial charge in [-0.25, -0.2) is 0 Å². The number of aromatic nitrogens is 2. The molecule has 0 amide bonds. The number of aromatic hydroxyl groups is 1. The molecule has 56 valence electrons. The number of nitrogens with one attached hydrogen (secondary N) is 1. The standard InChI is InChI=1S/C8H8N2O/c1-5-7-4-6(11)2-3-8(7)10-9-5/h2-4,11H,1H3,(H,9,10). The Morgan fingerprint density at radius 2 is 2.27 bits per heavy atom. The van der Waals surface area contributed by atoms with Gasteiger partial charge in [0.1, 0.15) is 5.75 Å². The number of phenols is 1. The first-order chi connectivity index (χ1) is 5.27. The molecule has 11 heavy (non-hydrogen) atoms. The van der Waals surface area contributed by atoms with Crippen molar-refractivity contribution in [2.75, 3.05) is 0 Å². The van der Waals surface area contributed by atoms with Crippen molar-refractivity contribution in [2.45, 2.75) is 6.92 Å². The normalized spacial score (nSPS) is 10.6. The minimum atomic E-state index is 0.280. The maximum absolute atomic E-state index is 9.13. The van der Waals surface area contributed by atoms with Crippen molar-refractivity contribution in [1.29, 1.82) is 0 Å². The highest BCUT2D eigenvalue weighted by Crippen LogP contribution is 2.19. The van der Waals surface area contributed by atoms with Crippen molar-refractivity contribution in [3.8, 4) is 5.75 Å². The van der Waals surface area contributed by atoms with Gasteiger partial charge in [-0.05, 0) is 25.1 Å². The summed E-state index contributed by atoms with van der Waals surface area (Å²) >= 11 is 0. The first-order valence-electron chi connectivity index (χ1n) is 3.41. The number of benzene rings is 1. The van der Waals surface area contributed by atoms with E-state index in [2.05, 4.69) is 10.2 Å². The van der Waals surface area contributed by atoms with Gasteiger partial charge in [-0.1, -0.05) is 0 Å². The van der Waals surface area contributed by atoms with Gasteiger partial charge >= 0.3 is 0 Å². The van der Waals surface area contributed by atoms with Gasteiger partial charge in [0.15, 0.2) is 0 Å². The number of nitrogens with zero attached hydrogens (tertiary/aromatic N) is 1. The van der Waals surface area contributed by atoms with Crippen molar-refractivity contribution in [3.63, 3.8) is 0 Å². The predicted octanol–water partition coefficient (Wildman–Crippen LogP) is 1.58. The first-order valence-corrected chi connectivity index (χ1v) is 3.41. The molecule has 0 atom stereocenters. The summed E-state index contributed by atoms with van der Waals surface area (Å²) in [6, 6.07) is 5.12. The third-order valence-corrected chi connectivity index (χ3v) is 1.73. The van der Waals surface area contributed by atoms with E-state index in [1.54, 1.807) is 18.2 Å². The lowest BCUT2D eigenvalue weighted by atomic mass is 10.2. The van der Waals surface area contributed by atoms with E-state index < -0.39 is 0 Å². The Morgan fingerprint density at radius 3 is 3.09 bits per heavy atom. The summed E-state index contributed by atoms with van der Waals surface area (Å²) in [5, 5.41) is 17.0. The molecule has 0 unspecified atom stereocenters. The Kier molecular flexibility index (Phi) is 1.12. The summed E-state index contributed by atoms with van der Waals surface area (Å²) < 4.78 is 0. The van der Waals surface area contributed by atoms with Crippen LogP contribution in [0.15, 0.2) is 18.2 Å². The minimum Gasteiger partial charge on any atom is -0.508 e. The average Bonchev–Trinajstić information content (AvgIpc) is 2.33. The molecule has 0 aliphatic heterocycles. The minimum absolute atomic E-state index is 0.280. The first kappa shape index (κ1) is 6.22. The Bertz CT molecular complexity index is 392. The van der Waals surface area contributed by atoms with Crippen LogP contribution in [0.5, 0.6) is 5.75 Å². The molecule has 0 aliphatic carbocycles. The van der Waals surface area contributed by atoms with Crippen LogP contribution in [0.25, 0.3) is 10.9 Å². The largest absolute Gasteiger partial charge is 0.508 e. The molecule has 1 aromatic heterocycles. The molecule has 0 saturated carbocycles. The zero-order valence-electron chi connectivity index (χ0n) is 6.13. The molecule has 0 aliphatic rings. The highest BCUT2D eigenvalue weighted by molar-refractivity contribution is 5.82. The highest BCUT2D eigenvalue weighted by atomic mass is 16.3. The van der Waals surface area contributed by atoms with E-state index in [-0.39, 0.29) is 5.75 Å². The Morgan fingerprint density at radius 1 is 1.45 bits per heavy atom. The SMILES string of the molecule is Cc1[nH]nc2ccc(O)cc12. The molecule has 0 bridgehead atoms. The van der Waals surface area contributed by atoms with Crippen molar-refractivity contribution in [1.82, 2.24) is 10.2 Å². The molecular weight excluding hydrogens is 140 g/mol. The topological polar surface area (TPSA) is 48.9 Å². The van der Waals surface area contributed by atoms with Gasteiger partial charge in [-0.2, -0.15) is 5.10 Å².